The molecule has 1 aromatic carbocycles. The topological polar surface area (TPSA) is 58.7 Å². The summed E-state index contributed by atoms with van der Waals surface area (Å²) in [7, 11) is 1.76. The van der Waals surface area contributed by atoms with E-state index in [4.69, 9.17) is 5.73 Å². The van der Waals surface area contributed by atoms with E-state index in [0.29, 0.717) is 0 Å². The van der Waals surface area contributed by atoms with Crippen molar-refractivity contribution in [2.24, 2.45) is 10.7 Å². The van der Waals surface area contributed by atoms with E-state index in [1.54, 1.807) is 23.3 Å². The van der Waals surface area contributed by atoms with Crippen molar-refractivity contribution in [3.8, 4) is 0 Å². The van der Waals surface area contributed by atoms with E-state index in [1.807, 2.05) is 30.3 Å². The highest BCUT2D eigenvalue weighted by molar-refractivity contribution is 7.16. The molecular formula is C16H17N3OS. The molecule has 108 valence electrons. The number of aliphatic imine (C=N–C) groups is 1. The van der Waals surface area contributed by atoms with Crippen LogP contribution in [-0.4, -0.2) is 24.8 Å². The van der Waals surface area contributed by atoms with Crippen LogP contribution in [0.15, 0.2) is 41.4 Å². The zero-order valence-corrected chi connectivity index (χ0v) is 12.9. The lowest BCUT2D eigenvalue weighted by atomic mass is 10.0. The molecule has 0 radical (unpaired) electrons. The molecule has 1 aliphatic rings. The molecule has 1 atom stereocenters. The summed E-state index contributed by atoms with van der Waals surface area (Å²) in [5.74, 6) is -0.174. The minimum Gasteiger partial charge on any atom is -0.303 e. The van der Waals surface area contributed by atoms with Crippen LogP contribution in [0.4, 0.5) is 5.00 Å². The summed E-state index contributed by atoms with van der Waals surface area (Å²) < 4.78 is 0. The highest BCUT2D eigenvalue weighted by Crippen LogP contribution is 2.35. The first-order valence-corrected chi connectivity index (χ1v) is 7.73. The summed E-state index contributed by atoms with van der Waals surface area (Å²) in [6.07, 6.45) is 0.0864. The molecule has 0 saturated carbocycles. The Morgan fingerprint density at radius 3 is 2.71 bits per heavy atom. The van der Waals surface area contributed by atoms with Crippen LogP contribution in [0.25, 0.3) is 0 Å². The predicted molar refractivity (Wildman–Crippen MR) is 87.2 cm³/mol. The zero-order valence-electron chi connectivity index (χ0n) is 12.0. The fraction of sp³-hybridized carbons (Fsp3) is 0.250. The van der Waals surface area contributed by atoms with Gasteiger partial charge >= 0.3 is 0 Å². The third kappa shape index (κ3) is 2.39. The van der Waals surface area contributed by atoms with E-state index < -0.39 is 6.17 Å². The average Bonchev–Trinajstić information content (AvgIpc) is 2.92. The third-order valence-corrected chi connectivity index (χ3v) is 4.93. The van der Waals surface area contributed by atoms with Gasteiger partial charge in [-0.1, -0.05) is 37.3 Å². The van der Waals surface area contributed by atoms with E-state index in [2.05, 4.69) is 18.0 Å². The number of aryl methyl sites for hydroxylation is 1. The number of anilines is 1. The number of carbonyl (C=O) groups excluding carboxylic acids is 1. The third-order valence-electron chi connectivity index (χ3n) is 3.57. The molecule has 0 bridgehead atoms. The number of carbonyl (C=O) groups is 1. The minimum absolute atomic E-state index is 0.174. The Labute approximate surface area is 127 Å². The van der Waals surface area contributed by atoms with Gasteiger partial charge < -0.3 is 10.6 Å². The van der Waals surface area contributed by atoms with Gasteiger partial charge in [-0.05, 0) is 12.5 Å². The number of hydrogen-bond donors (Lipinski definition) is 1. The molecule has 0 fully saturated rings. The molecule has 1 amide bonds. The van der Waals surface area contributed by atoms with E-state index in [9.17, 15) is 4.79 Å². The number of hydrogen-bond acceptors (Lipinski definition) is 4. The maximum atomic E-state index is 12.3. The Kier molecular flexibility index (Phi) is 3.61. The van der Waals surface area contributed by atoms with Gasteiger partial charge in [-0.15, -0.1) is 11.3 Å². The van der Waals surface area contributed by atoms with Crippen LogP contribution in [-0.2, 0) is 11.2 Å². The average molecular weight is 299 g/mol. The molecule has 2 heterocycles. The van der Waals surface area contributed by atoms with Crippen LogP contribution in [0.3, 0.4) is 0 Å². The first-order chi connectivity index (χ1) is 10.1. The summed E-state index contributed by atoms with van der Waals surface area (Å²) in [5.41, 5.74) is 8.71. The van der Waals surface area contributed by atoms with Gasteiger partial charge in [0.15, 0.2) is 6.17 Å². The maximum absolute atomic E-state index is 12.3. The molecule has 3 rings (SSSR count). The van der Waals surface area contributed by atoms with Crippen LogP contribution in [0.5, 0.6) is 0 Å². The SMILES string of the molecule is CCc1cc2c(s1)N(C)C(=O)C(N)N=C2c1ccccc1. The van der Waals surface area contributed by atoms with Crippen molar-refractivity contribution in [1.82, 2.24) is 0 Å². The second-order valence-corrected chi connectivity index (χ2v) is 6.09. The fourth-order valence-electron chi connectivity index (χ4n) is 2.41. The van der Waals surface area contributed by atoms with E-state index in [1.165, 1.54) is 4.88 Å². The van der Waals surface area contributed by atoms with Crippen LogP contribution < -0.4 is 10.6 Å². The molecule has 4 nitrogen and oxygen atoms in total. The van der Waals surface area contributed by atoms with Crippen LogP contribution in [0.2, 0.25) is 0 Å². The summed E-state index contributed by atoms with van der Waals surface area (Å²) in [6, 6.07) is 12.0. The summed E-state index contributed by atoms with van der Waals surface area (Å²) in [6.45, 7) is 2.11. The van der Waals surface area contributed by atoms with Crippen LogP contribution >= 0.6 is 11.3 Å². The van der Waals surface area contributed by atoms with Gasteiger partial charge in [0.25, 0.3) is 5.91 Å². The molecule has 0 saturated heterocycles. The number of likely N-dealkylation sites (N-methyl/N-ethyl adjacent to an activating group) is 1. The van der Waals surface area contributed by atoms with Crippen molar-refractivity contribution >= 4 is 28.0 Å². The minimum atomic E-state index is -0.852. The number of thiophene rings is 1. The molecule has 21 heavy (non-hydrogen) atoms. The lowest BCUT2D eigenvalue weighted by molar-refractivity contribution is -0.119. The molecule has 1 unspecified atom stereocenters. The van der Waals surface area contributed by atoms with Gasteiger partial charge in [0, 0.05) is 23.1 Å². The first-order valence-electron chi connectivity index (χ1n) is 6.91. The molecule has 2 aromatic rings. The molecule has 1 aliphatic heterocycles. The summed E-state index contributed by atoms with van der Waals surface area (Å²) in [5, 5.41) is 0.924. The van der Waals surface area contributed by atoms with Gasteiger partial charge in [-0.2, -0.15) is 0 Å². The van der Waals surface area contributed by atoms with Gasteiger partial charge in [-0.3, -0.25) is 9.79 Å². The standard InChI is InChI=1S/C16H17N3OS/c1-3-11-9-12-13(10-7-5-4-6-8-10)18-14(17)15(20)19(2)16(12)21-11/h4-9,14H,3,17H2,1-2H3. The fourth-order valence-corrected chi connectivity index (χ4v) is 3.47. The number of nitrogens with zero attached hydrogens (tertiary/aromatic N) is 2. The van der Waals surface area contributed by atoms with Gasteiger partial charge in [-0.25, -0.2) is 0 Å². The number of fused-ring (bicyclic) bond motifs is 1. The van der Waals surface area contributed by atoms with E-state index >= 15 is 0 Å². The molecule has 0 spiro atoms. The monoisotopic (exact) mass is 299 g/mol. The second kappa shape index (κ2) is 5.42. The van der Waals surface area contributed by atoms with E-state index in [-0.39, 0.29) is 5.91 Å². The Morgan fingerprint density at radius 2 is 2.05 bits per heavy atom. The van der Waals surface area contributed by atoms with Crippen LogP contribution in [0, 0.1) is 0 Å². The zero-order chi connectivity index (χ0) is 15.0. The van der Waals surface area contributed by atoms with Crippen molar-refractivity contribution in [2.75, 3.05) is 11.9 Å². The van der Waals surface area contributed by atoms with Crippen molar-refractivity contribution in [1.29, 1.82) is 0 Å². The van der Waals surface area contributed by atoms with Gasteiger partial charge in [0.2, 0.25) is 0 Å². The molecule has 0 aliphatic carbocycles. The number of amides is 1. The summed E-state index contributed by atoms with van der Waals surface area (Å²) in [4.78, 5) is 19.6. The number of nitrogens with two attached hydrogens (primary N) is 1. The van der Waals surface area contributed by atoms with Crippen molar-refractivity contribution in [3.05, 3.63) is 52.4 Å². The predicted octanol–water partition coefficient (Wildman–Crippen LogP) is 2.41. The number of rotatable bonds is 2. The maximum Gasteiger partial charge on any atom is 0.266 e. The van der Waals surface area contributed by atoms with E-state index in [0.717, 1.165) is 28.3 Å². The van der Waals surface area contributed by atoms with Crippen molar-refractivity contribution in [2.45, 2.75) is 19.5 Å². The number of benzene rings is 1. The Balaban J connectivity index is 2.22. The summed E-state index contributed by atoms with van der Waals surface area (Å²) >= 11 is 1.63. The molecule has 1 aromatic heterocycles. The quantitative estimate of drug-likeness (QED) is 0.925. The van der Waals surface area contributed by atoms with Gasteiger partial charge in [0.1, 0.15) is 5.00 Å². The Bertz CT molecular complexity index is 706. The van der Waals surface area contributed by atoms with Crippen LogP contribution in [0.1, 0.15) is 22.9 Å². The lowest BCUT2D eigenvalue weighted by Crippen LogP contribution is -2.39. The first kappa shape index (κ1) is 14.0. The normalized spacial score (nSPS) is 18.2. The van der Waals surface area contributed by atoms with Crippen molar-refractivity contribution in [3.63, 3.8) is 0 Å². The highest BCUT2D eigenvalue weighted by atomic mass is 32.1. The van der Waals surface area contributed by atoms with Crippen molar-refractivity contribution < 1.29 is 4.79 Å². The Hall–Kier alpha value is -1.98. The molecule has 5 heteroatoms. The molecule has 2 N–H and O–H groups in total. The largest absolute Gasteiger partial charge is 0.303 e. The smallest absolute Gasteiger partial charge is 0.266 e. The molecular weight excluding hydrogens is 282 g/mol. The van der Waals surface area contributed by atoms with Gasteiger partial charge in [0.05, 0.1) is 5.71 Å². The Morgan fingerprint density at radius 1 is 1.33 bits per heavy atom. The second-order valence-electron chi connectivity index (χ2n) is 4.97. The lowest BCUT2D eigenvalue weighted by Gasteiger charge is -2.15. The highest BCUT2D eigenvalue weighted by Gasteiger charge is 2.29.